The number of benzene rings is 1. The minimum absolute atomic E-state index is 0.124. The Balaban J connectivity index is 1.89. The molecule has 0 radical (unpaired) electrons. The molecule has 0 saturated carbocycles. The van der Waals surface area contributed by atoms with E-state index in [0.29, 0.717) is 12.1 Å². The van der Waals surface area contributed by atoms with Crippen molar-refractivity contribution in [3.63, 3.8) is 0 Å². The summed E-state index contributed by atoms with van der Waals surface area (Å²) in [4.78, 5) is 16.1. The fraction of sp³-hybridized carbons (Fsp3) is 0.250. The van der Waals surface area contributed by atoms with Gasteiger partial charge < -0.3 is 15.4 Å². The van der Waals surface area contributed by atoms with Gasteiger partial charge in [0.2, 0.25) is 0 Å². The molecule has 0 aliphatic rings. The highest BCUT2D eigenvalue weighted by Gasteiger charge is 2.09. The number of nitrogens with one attached hydrogen (secondary N) is 2. The molecule has 0 bridgehead atoms. The van der Waals surface area contributed by atoms with Crippen LogP contribution in [0, 0.1) is 0 Å². The number of carbonyl (C=O) groups is 1. The monoisotopic (exact) mass is 285 g/mol. The molecule has 0 aliphatic carbocycles. The molecule has 21 heavy (non-hydrogen) atoms. The van der Waals surface area contributed by atoms with Gasteiger partial charge in [0.15, 0.2) is 0 Å². The Labute approximate surface area is 124 Å². The molecule has 1 aromatic heterocycles. The molecule has 2 rings (SSSR count). The molecule has 0 unspecified atom stereocenters. The Hall–Kier alpha value is -2.56. The van der Waals surface area contributed by atoms with Crippen molar-refractivity contribution in [3.8, 4) is 5.75 Å². The summed E-state index contributed by atoms with van der Waals surface area (Å²) in [5, 5.41) is 5.88. The minimum Gasteiger partial charge on any atom is -0.497 e. The van der Waals surface area contributed by atoms with Crippen molar-refractivity contribution in [1.82, 2.24) is 10.3 Å². The maximum atomic E-state index is 12.1. The van der Waals surface area contributed by atoms with Crippen molar-refractivity contribution in [2.24, 2.45) is 0 Å². The zero-order chi connectivity index (χ0) is 15.1. The molecular formula is C16H19N3O2. The third kappa shape index (κ3) is 3.95. The van der Waals surface area contributed by atoms with Gasteiger partial charge >= 0.3 is 0 Å². The number of amides is 1. The van der Waals surface area contributed by atoms with Crippen LogP contribution in [-0.2, 0) is 6.42 Å². The first-order valence-corrected chi connectivity index (χ1v) is 6.77. The number of carbonyl (C=O) groups excluding carboxylic acids is 1. The van der Waals surface area contributed by atoms with E-state index >= 15 is 0 Å². The lowest BCUT2D eigenvalue weighted by molar-refractivity contribution is 0.0954. The molecule has 1 aromatic carbocycles. The molecule has 5 nitrogen and oxygen atoms in total. The van der Waals surface area contributed by atoms with Gasteiger partial charge in [0, 0.05) is 31.7 Å². The number of hydrogen-bond donors (Lipinski definition) is 2. The number of nitrogens with zero attached hydrogens (tertiary/aromatic N) is 1. The van der Waals surface area contributed by atoms with Gasteiger partial charge in [-0.1, -0.05) is 12.1 Å². The van der Waals surface area contributed by atoms with Crippen LogP contribution in [0.4, 0.5) is 5.69 Å². The van der Waals surface area contributed by atoms with E-state index in [1.165, 1.54) is 0 Å². The van der Waals surface area contributed by atoms with Crippen molar-refractivity contribution in [1.29, 1.82) is 0 Å². The number of rotatable bonds is 6. The summed E-state index contributed by atoms with van der Waals surface area (Å²) in [7, 11) is 3.42. The largest absolute Gasteiger partial charge is 0.497 e. The first kappa shape index (κ1) is 14.8. The Morgan fingerprint density at radius 1 is 1.24 bits per heavy atom. The van der Waals surface area contributed by atoms with Crippen LogP contribution in [0.25, 0.3) is 0 Å². The molecule has 1 heterocycles. The van der Waals surface area contributed by atoms with E-state index in [4.69, 9.17) is 4.74 Å². The normalized spacial score (nSPS) is 10.0. The lowest BCUT2D eigenvalue weighted by Crippen LogP contribution is -2.26. The highest BCUT2D eigenvalue weighted by molar-refractivity contribution is 5.99. The summed E-state index contributed by atoms with van der Waals surface area (Å²) in [5.74, 6) is 0.706. The maximum absolute atomic E-state index is 12.1. The topological polar surface area (TPSA) is 63.2 Å². The smallest absolute Gasteiger partial charge is 0.254 e. The summed E-state index contributed by atoms with van der Waals surface area (Å²) in [5.41, 5.74) is 2.47. The maximum Gasteiger partial charge on any atom is 0.254 e. The summed E-state index contributed by atoms with van der Waals surface area (Å²) >= 11 is 0. The number of pyridine rings is 1. The molecule has 0 aliphatic heterocycles. The van der Waals surface area contributed by atoms with E-state index in [1.807, 2.05) is 24.3 Å². The molecule has 0 atom stereocenters. The Kier molecular flexibility index (Phi) is 5.15. The van der Waals surface area contributed by atoms with Crippen LogP contribution in [0.15, 0.2) is 42.7 Å². The summed E-state index contributed by atoms with van der Waals surface area (Å²) in [6.07, 6.45) is 3.99. The zero-order valence-corrected chi connectivity index (χ0v) is 12.2. The van der Waals surface area contributed by atoms with Gasteiger partial charge in [-0.25, -0.2) is 0 Å². The highest BCUT2D eigenvalue weighted by Crippen LogP contribution is 2.13. The van der Waals surface area contributed by atoms with Crippen LogP contribution in [0.2, 0.25) is 0 Å². The van der Waals surface area contributed by atoms with Crippen molar-refractivity contribution in [2.45, 2.75) is 6.42 Å². The van der Waals surface area contributed by atoms with Crippen LogP contribution in [-0.4, -0.2) is 31.6 Å². The standard InChI is InChI=1S/C16H19N3O2/c1-17-15-8-9-18-11-14(15)16(20)19-10-7-12-3-5-13(21-2)6-4-12/h3-6,8-9,11H,7,10H2,1-2H3,(H,17,18)(H,19,20). The zero-order valence-electron chi connectivity index (χ0n) is 12.2. The molecule has 5 heteroatoms. The molecule has 2 aromatic rings. The highest BCUT2D eigenvalue weighted by atomic mass is 16.5. The molecule has 110 valence electrons. The first-order valence-electron chi connectivity index (χ1n) is 6.77. The average Bonchev–Trinajstić information content (AvgIpc) is 2.55. The number of ether oxygens (including phenoxy) is 1. The van der Waals surface area contributed by atoms with Crippen LogP contribution in [0.3, 0.4) is 0 Å². The van der Waals surface area contributed by atoms with Gasteiger partial charge in [-0.15, -0.1) is 0 Å². The van der Waals surface area contributed by atoms with E-state index in [9.17, 15) is 4.79 Å². The lowest BCUT2D eigenvalue weighted by Gasteiger charge is -2.09. The number of aromatic nitrogens is 1. The summed E-state index contributed by atoms with van der Waals surface area (Å²) in [6, 6.07) is 9.59. The third-order valence-electron chi connectivity index (χ3n) is 3.19. The summed E-state index contributed by atoms with van der Waals surface area (Å²) in [6.45, 7) is 0.573. The van der Waals surface area contributed by atoms with Gasteiger partial charge in [0.25, 0.3) is 5.91 Å². The van der Waals surface area contributed by atoms with E-state index in [-0.39, 0.29) is 5.91 Å². The second-order valence-corrected chi connectivity index (χ2v) is 4.53. The van der Waals surface area contributed by atoms with Gasteiger partial charge in [-0.3, -0.25) is 9.78 Å². The number of anilines is 1. The molecule has 0 spiro atoms. The molecule has 0 saturated heterocycles. The molecule has 1 amide bonds. The Morgan fingerprint density at radius 3 is 2.67 bits per heavy atom. The lowest BCUT2D eigenvalue weighted by atomic mass is 10.1. The van der Waals surface area contributed by atoms with Crippen molar-refractivity contribution in [2.75, 3.05) is 26.0 Å². The molecule has 0 fully saturated rings. The van der Waals surface area contributed by atoms with E-state index < -0.39 is 0 Å². The Bertz CT molecular complexity index is 597. The first-order chi connectivity index (χ1) is 10.2. The third-order valence-corrected chi connectivity index (χ3v) is 3.19. The van der Waals surface area contributed by atoms with Crippen LogP contribution >= 0.6 is 0 Å². The fourth-order valence-corrected chi connectivity index (χ4v) is 2.00. The second-order valence-electron chi connectivity index (χ2n) is 4.53. The Morgan fingerprint density at radius 2 is 2.00 bits per heavy atom. The SMILES string of the molecule is CNc1ccncc1C(=O)NCCc1ccc(OC)cc1. The fourth-order valence-electron chi connectivity index (χ4n) is 2.00. The average molecular weight is 285 g/mol. The quantitative estimate of drug-likeness (QED) is 0.853. The van der Waals surface area contributed by atoms with E-state index in [0.717, 1.165) is 23.4 Å². The summed E-state index contributed by atoms with van der Waals surface area (Å²) < 4.78 is 5.11. The van der Waals surface area contributed by atoms with E-state index in [2.05, 4.69) is 15.6 Å². The predicted octanol–water partition coefficient (Wildman–Crippen LogP) is 2.10. The number of hydrogen-bond acceptors (Lipinski definition) is 4. The van der Waals surface area contributed by atoms with Crippen LogP contribution in [0.1, 0.15) is 15.9 Å². The van der Waals surface area contributed by atoms with Gasteiger partial charge in [0.1, 0.15) is 5.75 Å². The van der Waals surface area contributed by atoms with Gasteiger partial charge in [0.05, 0.1) is 12.7 Å². The van der Waals surface area contributed by atoms with Crippen LogP contribution < -0.4 is 15.4 Å². The predicted molar refractivity (Wildman–Crippen MR) is 82.8 cm³/mol. The van der Waals surface area contributed by atoms with Crippen molar-refractivity contribution in [3.05, 3.63) is 53.9 Å². The van der Waals surface area contributed by atoms with E-state index in [1.54, 1.807) is 32.6 Å². The van der Waals surface area contributed by atoms with Crippen molar-refractivity contribution < 1.29 is 9.53 Å². The van der Waals surface area contributed by atoms with Gasteiger partial charge in [-0.05, 0) is 30.2 Å². The van der Waals surface area contributed by atoms with Crippen molar-refractivity contribution >= 4 is 11.6 Å². The minimum atomic E-state index is -0.124. The molecular weight excluding hydrogens is 266 g/mol. The second kappa shape index (κ2) is 7.28. The number of methoxy groups -OCH3 is 1. The van der Waals surface area contributed by atoms with Gasteiger partial charge in [-0.2, -0.15) is 0 Å². The van der Waals surface area contributed by atoms with Crippen LogP contribution in [0.5, 0.6) is 5.75 Å². The molecule has 2 N–H and O–H groups in total.